The molecule has 0 spiro atoms. The van der Waals surface area contributed by atoms with Gasteiger partial charge in [0.1, 0.15) is 11.5 Å². The van der Waals surface area contributed by atoms with E-state index in [-0.39, 0.29) is 6.42 Å². The molecular weight excluding hydrogens is 366 g/mol. The Bertz CT molecular complexity index is 965. The van der Waals surface area contributed by atoms with E-state index in [0.29, 0.717) is 35.3 Å². The number of aryl methyl sites for hydroxylation is 2. The molecule has 0 aliphatic rings. The second-order valence-corrected chi connectivity index (χ2v) is 6.71. The molecule has 0 unspecified atom stereocenters. The van der Waals surface area contributed by atoms with Crippen molar-refractivity contribution in [1.82, 2.24) is 4.98 Å². The monoisotopic (exact) mass is 385 g/mol. The third kappa shape index (κ3) is 4.89. The van der Waals surface area contributed by atoms with E-state index in [2.05, 4.69) is 4.98 Å². The van der Waals surface area contributed by atoms with Gasteiger partial charge < -0.3 is 14.3 Å². The van der Waals surface area contributed by atoms with E-state index in [1.807, 2.05) is 32.0 Å². The second kappa shape index (κ2) is 8.27. The first-order valence-electron chi connectivity index (χ1n) is 8.59. The molecule has 3 aromatic rings. The van der Waals surface area contributed by atoms with Crippen LogP contribution in [-0.4, -0.2) is 22.7 Å². The Labute approximate surface area is 162 Å². The highest BCUT2D eigenvalue weighted by atomic mass is 35.5. The van der Waals surface area contributed by atoms with Crippen molar-refractivity contribution in [3.8, 4) is 17.2 Å². The Morgan fingerprint density at radius 2 is 2.04 bits per heavy atom. The van der Waals surface area contributed by atoms with Crippen molar-refractivity contribution in [1.29, 1.82) is 0 Å². The number of aromatic nitrogens is 1. The van der Waals surface area contributed by atoms with E-state index in [1.165, 1.54) is 0 Å². The molecule has 140 valence electrons. The van der Waals surface area contributed by atoms with Gasteiger partial charge >= 0.3 is 5.97 Å². The van der Waals surface area contributed by atoms with Gasteiger partial charge in [-0.3, -0.25) is 4.79 Å². The van der Waals surface area contributed by atoms with Gasteiger partial charge in [-0.15, -0.1) is 0 Å². The molecule has 5 nitrogen and oxygen atoms in total. The normalized spacial score (nSPS) is 10.8. The van der Waals surface area contributed by atoms with E-state index < -0.39 is 5.97 Å². The summed E-state index contributed by atoms with van der Waals surface area (Å²) in [7, 11) is 0. The Balaban J connectivity index is 1.64. The number of nitrogens with zero attached hydrogens (tertiary/aromatic N) is 1. The van der Waals surface area contributed by atoms with Gasteiger partial charge in [-0.25, -0.2) is 4.98 Å². The third-order valence-corrected chi connectivity index (χ3v) is 4.58. The molecular formula is C21H20ClNO4. The highest BCUT2D eigenvalue weighted by Gasteiger charge is 2.12. The van der Waals surface area contributed by atoms with E-state index in [4.69, 9.17) is 25.9 Å². The Hall–Kier alpha value is -2.79. The van der Waals surface area contributed by atoms with Crippen molar-refractivity contribution >= 4 is 17.6 Å². The summed E-state index contributed by atoms with van der Waals surface area (Å²) in [6.07, 6.45) is 0.556. The number of carboxylic acids is 1. The van der Waals surface area contributed by atoms with Crippen LogP contribution in [0.15, 0.2) is 46.9 Å². The number of hydrogen-bond donors (Lipinski definition) is 1. The molecule has 0 saturated carbocycles. The van der Waals surface area contributed by atoms with Crippen molar-refractivity contribution in [2.75, 3.05) is 6.61 Å². The number of ether oxygens (including phenoxy) is 1. The SMILES string of the molecule is Cc1ccc(-c2nc(CCOc3cccc(CC(=O)O)c3)c(C)o2)cc1Cl. The molecule has 0 radical (unpaired) electrons. The Kier molecular flexibility index (Phi) is 5.81. The average Bonchev–Trinajstić information content (AvgIpc) is 2.98. The van der Waals surface area contributed by atoms with Gasteiger partial charge in [-0.1, -0.05) is 29.8 Å². The van der Waals surface area contributed by atoms with Crippen molar-refractivity contribution in [3.05, 3.63) is 70.1 Å². The molecule has 0 fully saturated rings. The molecule has 0 aliphatic heterocycles. The number of carboxylic acid groups (broad SMARTS) is 1. The zero-order valence-electron chi connectivity index (χ0n) is 15.2. The van der Waals surface area contributed by atoms with Gasteiger partial charge in [0.05, 0.1) is 18.7 Å². The molecule has 27 heavy (non-hydrogen) atoms. The summed E-state index contributed by atoms with van der Waals surface area (Å²) in [5.74, 6) is 1.05. The fourth-order valence-electron chi connectivity index (χ4n) is 2.69. The van der Waals surface area contributed by atoms with Crippen LogP contribution in [0.3, 0.4) is 0 Å². The van der Waals surface area contributed by atoms with Gasteiger partial charge in [0.15, 0.2) is 0 Å². The van der Waals surface area contributed by atoms with Crippen LogP contribution in [0, 0.1) is 13.8 Å². The zero-order chi connectivity index (χ0) is 19.4. The molecule has 2 aromatic carbocycles. The lowest BCUT2D eigenvalue weighted by Crippen LogP contribution is -2.04. The highest BCUT2D eigenvalue weighted by molar-refractivity contribution is 6.31. The quantitative estimate of drug-likeness (QED) is 0.628. The second-order valence-electron chi connectivity index (χ2n) is 6.30. The van der Waals surface area contributed by atoms with Crippen LogP contribution < -0.4 is 4.74 Å². The van der Waals surface area contributed by atoms with Crippen molar-refractivity contribution in [3.63, 3.8) is 0 Å². The number of aliphatic carboxylic acids is 1. The minimum absolute atomic E-state index is 0.0257. The van der Waals surface area contributed by atoms with Crippen LogP contribution in [-0.2, 0) is 17.6 Å². The van der Waals surface area contributed by atoms with Crippen LogP contribution in [0.1, 0.15) is 22.6 Å². The van der Waals surface area contributed by atoms with Crippen LogP contribution in [0.2, 0.25) is 5.02 Å². The van der Waals surface area contributed by atoms with E-state index in [0.717, 1.165) is 22.6 Å². The predicted octanol–water partition coefficient (Wildman–Crippen LogP) is 4.86. The van der Waals surface area contributed by atoms with Crippen LogP contribution in [0.4, 0.5) is 0 Å². The lowest BCUT2D eigenvalue weighted by Gasteiger charge is -2.06. The number of oxazole rings is 1. The zero-order valence-corrected chi connectivity index (χ0v) is 15.9. The molecule has 0 saturated heterocycles. The van der Waals surface area contributed by atoms with Crippen LogP contribution >= 0.6 is 11.6 Å². The van der Waals surface area contributed by atoms with Gasteiger partial charge in [0.2, 0.25) is 5.89 Å². The van der Waals surface area contributed by atoms with E-state index >= 15 is 0 Å². The first-order valence-corrected chi connectivity index (χ1v) is 8.96. The summed E-state index contributed by atoms with van der Waals surface area (Å²) in [4.78, 5) is 15.4. The topological polar surface area (TPSA) is 72.6 Å². The van der Waals surface area contributed by atoms with Crippen molar-refractivity contribution in [2.24, 2.45) is 0 Å². The summed E-state index contributed by atoms with van der Waals surface area (Å²) in [5.41, 5.74) is 3.37. The average molecular weight is 386 g/mol. The summed E-state index contributed by atoms with van der Waals surface area (Å²) in [6.45, 7) is 4.23. The molecule has 1 aromatic heterocycles. The summed E-state index contributed by atoms with van der Waals surface area (Å²) < 4.78 is 11.5. The predicted molar refractivity (Wildman–Crippen MR) is 103 cm³/mol. The number of hydrogen-bond acceptors (Lipinski definition) is 4. The fraction of sp³-hybridized carbons (Fsp3) is 0.238. The van der Waals surface area contributed by atoms with E-state index in [9.17, 15) is 4.79 Å². The number of carbonyl (C=O) groups is 1. The summed E-state index contributed by atoms with van der Waals surface area (Å²) in [5, 5.41) is 9.55. The molecule has 0 atom stereocenters. The van der Waals surface area contributed by atoms with Crippen LogP contribution in [0.25, 0.3) is 11.5 Å². The minimum atomic E-state index is -0.867. The maximum Gasteiger partial charge on any atom is 0.307 e. The lowest BCUT2D eigenvalue weighted by atomic mass is 10.1. The Morgan fingerprint density at radius 1 is 1.22 bits per heavy atom. The first kappa shape index (κ1) is 19.0. The third-order valence-electron chi connectivity index (χ3n) is 4.17. The molecule has 3 rings (SSSR count). The van der Waals surface area contributed by atoms with Gasteiger partial charge in [-0.2, -0.15) is 0 Å². The van der Waals surface area contributed by atoms with Gasteiger partial charge in [0, 0.05) is 17.0 Å². The fourth-order valence-corrected chi connectivity index (χ4v) is 2.88. The number of benzene rings is 2. The van der Waals surface area contributed by atoms with E-state index in [1.54, 1.807) is 24.3 Å². The minimum Gasteiger partial charge on any atom is -0.493 e. The summed E-state index contributed by atoms with van der Waals surface area (Å²) >= 11 is 6.18. The molecule has 6 heteroatoms. The maximum atomic E-state index is 10.8. The maximum absolute atomic E-state index is 10.8. The smallest absolute Gasteiger partial charge is 0.307 e. The van der Waals surface area contributed by atoms with Crippen molar-refractivity contribution < 1.29 is 19.1 Å². The van der Waals surface area contributed by atoms with Crippen LogP contribution in [0.5, 0.6) is 5.75 Å². The number of rotatable bonds is 7. The summed E-state index contributed by atoms with van der Waals surface area (Å²) in [6, 6.07) is 12.8. The highest BCUT2D eigenvalue weighted by Crippen LogP contribution is 2.26. The molecule has 1 heterocycles. The standard InChI is InChI=1S/C21H20ClNO4/c1-13-6-7-16(12-18(13)22)21-23-19(14(2)27-21)8-9-26-17-5-3-4-15(10-17)11-20(24)25/h3-7,10,12H,8-9,11H2,1-2H3,(H,24,25). The molecule has 0 bridgehead atoms. The largest absolute Gasteiger partial charge is 0.493 e. The van der Waals surface area contributed by atoms with Gasteiger partial charge in [0.25, 0.3) is 0 Å². The van der Waals surface area contributed by atoms with Crippen molar-refractivity contribution in [2.45, 2.75) is 26.7 Å². The first-order chi connectivity index (χ1) is 12.9. The molecule has 0 amide bonds. The number of halogens is 1. The Morgan fingerprint density at radius 3 is 2.78 bits per heavy atom. The lowest BCUT2D eigenvalue weighted by molar-refractivity contribution is -0.136. The van der Waals surface area contributed by atoms with Gasteiger partial charge in [-0.05, 0) is 49.2 Å². The molecule has 0 aliphatic carbocycles. The molecule has 1 N–H and O–H groups in total.